The van der Waals surface area contributed by atoms with E-state index in [0.717, 1.165) is 16.8 Å². The first-order valence-electron chi connectivity index (χ1n) is 7.94. The maximum atomic E-state index is 11.9. The largest absolute Gasteiger partial charge is 0.483 e. The number of nitrogens with one attached hydrogen (secondary N) is 1. The average Bonchev–Trinajstić information content (AvgIpc) is 3.06. The highest BCUT2D eigenvalue weighted by molar-refractivity contribution is 5.82. The van der Waals surface area contributed by atoms with Crippen molar-refractivity contribution in [2.75, 3.05) is 6.61 Å². The lowest BCUT2D eigenvalue weighted by Crippen LogP contribution is -2.24. The fraction of sp³-hybridized carbons (Fsp3) is 0.100. The second kappa shape index (κ2) is 7.97. The summed E-state index contributed by atoms with van der Waals surface area (Å²) in [4.78, 5) is 11.9. The third-order valence-corrected chi connectivity index (χ3v) is 3.70. The van der Waals surface area contributed by atoms with Crippen molar-refractivity contribution in [3.05, 3.63) is 78.6 Å². The lowest BCUT2D eigenvalue weighted by atomic mass is 10.1. The van der Waals surface area contributed by atoms with Crippen molar-refractivity contribution in [2.24, 2.45) is 12.1 Å². The van der Waals surface area contributed by atoms with Gasteiger partial charge in [-0.1, -0.05) is 48.5 Å². The van der Waals surface area contributed by atoms with Crippen molar-refractivity contribution < 1.29 is 9.53 Å². The second-order valence-corrected chi connectivity index (χ2v) is 5.49. The third kappa shape index (κ3) is 4.35. The van der Waals surface area contributed by atoms with Crippen LogP contribution in [0.1, 0.15) is 5.69 Å². The number of hydrogen-bond acceptors (Lipinski definition) is 3. The number of aromatic nitrogens is 1. The number of aryl methyl sites for hydroxylation is 1. The van der Waals surface area contributed by atoms with Gasteiger partial charge in [0, 0.05) is 18.8 Å². The zero-order valence-electron chi connectivity index (χ0n) is 13.9. The van der Waals surface area contributed by atoms with Crippen LogP contribution in [0.15, 0.2) is 78.0 Å². The summed E-state index contributed by atoms with van der Waals surface area (Å²) >= 11 is 0. The van der Waals surface area contributed by atoms with E-state index in [2.05, 4.69) is 10.5 Å². The van der Waals surface area contributed by atoms with Crippen molar-refractivity contribution in [1.82, 2.24) is 9.99 Å². The molecular weight excluding hydrogens is 314 g/mol. The van der Waals surface area contributed by atoms with Gasteiger partial charge in [-0.15, -0.1) is 0 Å². The Labute approximate surface area is 146 Å². The summed E-state index contributed by atoms with van der Waals surface area (Å²) in [6.07, 6.45) is 3.50. The number of amides is 1. The molecule has 126 valence electrons. The molecule has 2 aromatic carbocycles. The highest BCUT2D eigenvalue weighted by atomic mass is 16.5. The molecule has 0 aliphatic heterocycles. The van der Waals surface area contributed by atoms with Crippen LogP contribution in [0.3, 0.4) is 0 Å². The average molecular weight is 333 g/mol. The van der Waals surface area contributed by atoms with Crippen LogP contribution < -0.4 is 10.2 Å². The number of rotatable bonds is 6. The summed E-state index contributed by atoms with van der Waals surface area (Å²) in [6.45, 7) is -0.103. The van der Waals surface area contributed by atoms with E-state index in [4.69, 9.17) is 4.74 Å². The third-order valence-electron chi connectivity index (χ3n) is 3.70. The Bertz CT molecular complexity index is 869. The molecule has 0 radical (unpaired) electrons. The van der Waals surface area contributed by atoms with Gasteiger partial charge in [0.25, 0.3) is 5.91 Å². The minimum Gasteiger partial charge on any atom is -0.483 e. The summed E-state index contributed by atoms with van der Waals surface area (Å²) in [5.74, 6) is 0.351. The fourth-order valence-electron chi connectivity index (χ4n) is 2.40. The Morgan fingerprint density at radius 1 is 1.08 bits per heavy atom. The highest BCUT2D eigenvalue weighted by Gasteiger charge is 2.07. The van der Waals surface area contributed by atoms with Gasteiger partial charge in [-0.3, -0.25) is 4.79 Å². The van der Waals surface area contributed by atoms with E-state index in [0.29, 0.717) is 5.75 Å². The first-order valence-corrected chi connectivity index (χ1v) is 7.94. The Morgan fingerprint density at radius 2 is 1.84 bits per heavy atom. The molecule has 1 N–H and O–H groups in total. The van der Waals surface area contributed by atoms with E-state index < -0.39 is 0 Å². The summed E-state index contributed by atoms with van der Waals surface area (Å²) in [7, 11) is 1.91. The van der Waals surface area contributed by atoms with Gasteiger partial charge in [-0.2, -0.15) is 5.10 Å². The molecule has 0 atom stereocenters. The monoisotopic (exact) mass is 333 g/mol. The van der Waals surface area contributed by atoms with Gasteiger partial charge in [0.2, 0.25) is 0 Å². The van der Waals surface area contributed by atoms with Gasteiger partial charge < -0.3 is 9.30 Å². The normalized spacial score (nSPS) is 10.8. The predicted octanol–water partition coefficient (Wildman–Crippen LogP) is 3.22. The van der Waals surface area contributed by atoms with Crippen LogP contribution in [0.4, 0.5) is 0 Å². The maximum Gasteiger partial charge on any atom is 0.277 e. The van der Waals surface area contributed by atoms with E-state index >= 15 is 0 Å². The molecule has 0 fully saturated rings. The number of nitrogens with zero attached hydrogens (tertiary/aromatic N) is 2. The smallest absolute Gasteiger partial charge is 0.277 e. The molecule has 25 heavy (non-hydrogen) atoms. The van der Waals surface area contributed by atoms with Crippen LogP contribution in [0.2, 0.25) is 0 Å². The molecular formula is C20H19N3O2. The second-order valence-electron chi connectivity index (χ2n) is 5.49. The van der Waals surface area contributed by atoms with E-state index in [9.17, 15) is 4.79 Å². The molecule has 1 heterocycles. The lowest BCUT2D eigenvalue weighted by Gasteiger charge is -2.10. The minimum absolute atomic E-state index is 0.103. The molecule has 0 aliphatic rings. The Morgan fingerprint density at radius 3 is 2.60 bits per heavy atom. The molecule has 5 nitrogen and oxygen atoms in total. The zero-order chi connectivity index (χ0) is 17.5. The molecule has 0 saturated carbocycles. The number of para-hydroxylation sites is 1. The van der Waals surface area contributed by atoms with Gasteiger partial charge in [0.1, 0.15) is 5.75 Å². The number of carbonyl (C=O) groups is 1. The van der Waals surface area contributed by atoms with E-state index in [1.807, 2.05) is 84.5 Å². The van der Waals surface area contributed by atoms with E-state index in [1.54, 1.807) is 6.21 Å². The highest BCUT2D eigenvalue weighted by Crippen LogP contribution is 2.29. The van der Waals surface area contributed by atoms with Crippen LogP contribution in [0.5, 0.6) is 5.75 Å². The number of hydrazone groups is 1. The van der Waals surface area contributed by atoms with Crippen LogP contribution in [0, 0.1) is 0 Å². The van der Waals surface area contributed by atoms with Crippen molar-refractivity contribution in [1.29, 1.82) is 0 Å². The number of benzene rings is 2. The first-order chi connectivity index (χ1) is 12.2. The number of carbonyl (C=O) groups excluding carboxylic acids is 1. The van der Waals surface area contributed by atoms with Crippen LogP contribution in [0.25, 0.3) is 11.1 Å². The molecule has 5 heteroatoms. The fourth-order valence-corrected chi connectivity index (χ4v) is 2.40. The van der Waals surface area contributed by atoms with Crippen molar-refractivity contribution in [2.45, 2.75) is 0 Å². The SMILES string of the molecule is Cn1cccc1C=NNC(=O)COc1ccccc1-c1ccccc1. The molecule has 1 amide bonds. The van der Waals surface area contributed by atoms with Crippen molar-refractivity contribution >= 4 is 12.1 Å². The maximum absolute atomic E-state index is 11.9. The molecule has 0 saturated heterocycles. The summed E-state index contributed by atoms with van der Waals surface area (Å²) in [5, 5.41) is 3.94. The van der Waals surface area contributed by atoms with E-state index in [-0.39, 0.29) is 12.5 Å². The number of ether oxygens (including phenoxy) is 1. The number of hydrogen-bond donors (Lipinski definition) is 1. The van der Waals surface area contributed by atoms with Crippen LogP contribution in [-0.4, -0.2) is 23.3 Å². The van der Waals surface area contributed by atoms with Gasteiger partial charge in [0.05, 0.1) is 11.9 Å². The topological polar surface area (TPSA) is 55.6 Å². The van der Waals surface area contributed by atoms with Crippen LogP contribution >= 0.6 is 0 Å². The molecule has 1 aromatic heterocycles. The molecule has 3 rings (SSSR count). The van der Waals surface area contributed by atoms with E-state index in [1.165, 1.54) is 0 Å². The molecule has 0 aliphatic carbocycles. The van der Waals surface area contributed by atoms with Crippen molar-refractivity contribution in [3.63, 3.8) is 0 Å². The zero-order valence-corrected chi connectivity index (χ0v) is 13.9. The first kappa shape index (κ1) is 16.5. The molecule has 0 spiro atoms. The Balaban J connectivity index is 1.59. The molecule has 0 unspecified atom stereocenters. The quantitative estimate of drug-likeness (QED) is 0.556. The van der Waals surface area contributed by atoms with Crippen LogP contribution in [-0.2, 0) is 11.8 Å². The summed E-state index contributed by atoms with van der Waals surface area (Å²) in [5.41, 5.74) is 5.36. The summed E-state index contributed by atoms with van der Waals surface area (Å²) in [6, 6.07) is 21.4. The van der Waals surface area contributed by atoms with Gasteiger partial charge in [-0.25, -0.2) is 5.43 Å². The molecule has 3 aromatic rings. The minimum atomic E-state index is -0.312. The van der Waals surface area contributed by atoms with Gasteiger partial charge in [-0.05, 0) is 23.8 Å². The Hall–Kier alpha value is -3.34. The molecule has 0 bridgehead atoms. The van der Waals surface area contributed by atoms with Crippen molar-refractivity contribution in [3.8, 4) is 16.9 Å². The lowest BCUT2D eigenvalue weighted by molar-refractivity contribution is -0.123. The summed E-state index contributed by atoms with van der Waals surface area (Å²) < 4.78 is 7.58. The Kier molecular flexibility index (Phi) is 5.26. The predicted molar refractivity (Wildman–Crippen MR) is 98.5 cm³/mol. The van der Waals surface area contributed by atoms with Gasteiger partial charge in [0.15, 0.2) is 6.61 Å². The standard InChI is InChI=1S/C20H19N3O2/c1-23-13-7-10-17(23)14-21-22-20(24)15-25-19-12-6-5-11-18(19)16-8-3-2-4-9-16/h2-14H,15H2,1H3,(H,22,24). The van der Waals surface area contributed by atoms with Gasteiger partial charge >= 0.3 is 0 Å².